The second-order valence-electron chi connectivity index (χ2n) is 6.30. The summed E-state index contributed by atoms with van der Waals surface area (Å²) in [4.78, 5) is 20.6. The van der Waals surface area contributed by atoms with E-state index in [2.05, 4.69) is 20.4 Å². The van der Waals surface area contributed by atoms with Gasteiger partial charge < -0.3 is 10.4 Å². The number of aliphatic hydroxyl groups excluding tert-OH is 1. The van der Waals surface area contributed by atoms with E-state index in [0.717, 1.165) is 36.2 Å². The minimum absolute atomic E-state index is 0.0154. The van der Waals surface area contributed by atoms with E-state index < -0.39 is 0 Å². The van der Waals surface area contributed by atoms with Crippen molar-refractivity contribution in [1.82, 2.24) is 24.9 Å². The molecule has 0 bridgehead atoms. The molecule has 1 amide bonds. The van der Waals surface area contributed by atoms with E-state index in [4.69, 9.17) is 0 Å². The molecular weight excluding hydrogens is 294 g/mol. The first-order valence-corrected chi connectivity index (χ1v) is 8.17. The molecule has 0 spiro atoms. The Bertz CT molecular complexity index is 712. The van der Waals surface area contributed by atoms with Crippen LogP contribution in [0.4, 0.5) is 0 Å². The topological polar surface area (TPSA) is 92.4 Å². The lowest BCUT2D eigenvalue weighted by atomic mass is 10.0. The zero-order valence-electron chi connectivity index (χ0n) is 13.6. The van der Waals surface area contributed by atoms with Crippen LogP contribution in [0.5, 0.6) is 0 Å². The second-order valence-corrected chi connectivity index (χ2v) is 6.30. The average Bonchev–Trinajstić information content (AvgIpc) is 3.13. The first kappa shape index (κ1) is 15.9. The van der Waals surface area contributed by atoms with Crippen LogP contribution in [-0.4, -0.2) is 43.2 Å². The van der Waals surface area contributed by atoms with E-state index in [1.807, 2.05) is 13.8 Å². The van der Waals surface area contributed by atoms with Crippen molar-refractivity contribution >= 4 is 11.7 Å². The van der Waals surface area contributed by atoms with Crippen molar-refractivity contribution in [3.8, 4) is 0 Å². The molecule has 1 aliphatic carbocycles. The number of carbonyl (C=O) groups excluding carboxylic acids is 1. The molecule has 0 aliphatic heterocycles. The number of aryl methyl sites for hydroxylation is 2. The van der Waals surface area contributed by atoms with Crippen LogP contribution >= 0.6 is 0 Å². The number of hydrogen-bond donors (Lipinski definition) is 2. The standard InChI is InChI=1S/C16H23N5O2/c1-10-13(11(2)21-16(20-10)18-9-19-21)6-7-15(23)17-8-12-4-3-5-14(12)22/h9,12,14,22H,3-8H2,1-2H3,(H,17,23). The van der Waals surface area contributed by atoms with Gasteiger partial charge in [0.1, 0.15) is 6.33 Å². The summed E-state index contributed by atoms with van der Waals surface area (Å²) in [6, 6.07) is 0. The minimum Gasteiger partial charge on any atom is -0.393 e. The van der Waals surface area contributed by atoms with Gasteiger partial charge in [-0.25, -0.2) is 9.50 Å². The number of rotatable bonds is 5. The maximum Gasteiger partial charge on any atom is 0.252 e. The summed E-state index contributed by atoms with van der Waals surface area (Å²) < 4.78 is 1.70. The molecule has 2 aromatic heterocycles. The number of aromatic nitrogens is 4. The Morgan fingerprint density at radius 3 is 3.00 bits per heavy atom. The SMILES string of the molecule is Cc1nc2ncnn2c(C)c1CCC(=O)NCC1CCCC1O. The van der Waals surface area contributed by atoms with Crippen LogP contribution in [0, 0.1) is 19.8 Å². The van der Waals surface area contributed by atoms with Gasteiger partial charge in [0.25, 0.3) is 5.78 Å². The zero-order valence-corrected chi connectivity index (χ0v) is 13.6. The van der Waals surface area contributed by atoms with Crippen molar-refractivity contribution in [2.24, 2.45) is 5.92 Å². The molecule has 1 fully saturated rings. The molecule has 0 aromatic carbocycles. The van der Waals surface area contributed by atoms with Gasteiger partial charge in [-0.1, -0.05) is 6.42 Å². The van der Waals surface area contributed by atoms with Crippen molar-refractivity contribution in [2.45, 2.75) is 52.1 Å². The highest BCUT2D eigenvalue weighted by atomic mass is 16.3. The Labute approximate surface area is 135 Å². The molecule has 2 aromatic rings. The van der Waals surface area contributed by atoms with E-state index in [1.165, 1.54) is 6.33 Å². The Hall–Kier alpha value is -2.02. The number of nitrogens with one attached hydrogen (secondary N) is 1. The molecule has 2 N–H and O–H groups in total. The molecule has 0 radical (unpaired) electrons. The molecule has 124 valence electrons. The van der Waals surface area contributed by atoms with Gasteiger partial charge >= 0.3 is 0 Å². The molecule has 7 heteroatoms. The first-order chi connectivity index (χ1) is 11.1. The fourth-order valence-corrected chi connectivity index (χ4v) is 3.34. The van der Waals surface area contributed by atoms with E-state index in [0.29, 0.717) is 25.2 Å². The van der Waals surface area contributed by atoms with Crippen LogP contribution in [0.1, 0.15) is 42.6 Å². The minimum atomic E-state index is -0.265. The van der Waals surface area contributed by atoms with E-state index in [9.17, 15) is 9.90 Å². The van der Waals surface area contributed by atoms with Gasteiger partial charge in [0.2, 0.25) is 5.91 Å². The predicted octanol–water partition coefficient (Wildman–Crippen LogP) is 0.951. The summed E-state index contributed by atoms with van der Waals surface area (Å²) in [6.07, 6.45) is 5.14. The summed E-state index contributed by atoms with van der Waals surface area (Å²) in [7, 11) is 0. The number of fused-ring (bicyclic) bond motifs is 1. The third-order valence-electron chi connectivity index (χ3n) is 4.77. The number of carbonyl (C=O) groups is 1. The highest BCUT2D eigenvalue weighted by Crippen LogP contribution is 2.24. The Morgan fingerprint density at radius 2 is 2.26 bits per heavy atom. The van der Waals surface area contributed by atoms with Gasteiger partial charge in [-0.3, -0.25) is 4.79 Å². The van der Waals surface area contributed by atoms with E-state index in [1.54, 1.807) is 4.52 Å². The lowest BCUT2D eigenvalue weighted by Crippen LogP contribution is -2.32. The lowest BCUT2D eigenvalue weighted by molar-refractivity contribution is -0.121. The van der Waals surface area contributed by atoms with E-state index in [-0.39, 0.29) is 17.9 Å². The molecule has 1 saturated carbocycles. The molecule has 23 heavy (non-hydrogen) atoms. The Morgan fingerprint density at radius 1 is 1.43 bits per heavy atom. The molecule has 2 unspecified atom stereocenters. The number of hydrogen-bond acceptors (Lipinski definition) is 5. The van der Waals surface area contributed by atoms with Gasteiger partial charge in [0, 0.05) is 30.3 Å². The van der Waals surface area contributed by atoms with Gasteiger partial charge in [0.15, 0.2) is 0 Å². The third kappa shape index (κ3) is 3.34. The average molecular weight is 317 g/mol. The molecule has 3 rings (SSSR count). The molecular formula is C16H23N5O2. The van der Waals surface area contributed by atoms with Crippen molar-refractivity contribution < 1.29 is 9.90 Å². The zero-order chi connectivity index (χ0) is 16.4. The van der Waals surface area contributed by atoms with Crippen molar-refractivity contribution in [3.63, 3.8) is 0 Å². The summed E-state index contributed by atoms with van der Waals surface area (Å²) in [5.74, 6) is 0.806. The van der Waals surface area contributed by atoms with Gasteiger partial charge in [-0.05, 0) is 38.7 Å². The van der Waals surface area contributed by atoms with Crippen LogP contribution < -0.4 is 5.32 Å². The predicted molar refractivity (Wildman–Crippen MR) is 84.9 cm³/mol. The normalized spacial score (nSPS) is 21.0. The summed E-state index contributed by atoms with van der Waals surface area (Å²) >= 11 is 0. The smallest absolute Gasteiger partial charge is 0.252 e. The van der Waals surface area contributed by atoms with Gasteiger partial charge in [0.05, 0.1) is 6.10 Å². The van der Waals surface area contributed by atoms with Crippen LogP contribution in [0.2, 0.25) is 0 Å². The van der Waals surface area contributed by atoms with Crippen molar-refractivity contribution in [3.05, 3.63) is 23.3 Å². The maximum absolute atomic E-state index is 12.1. The Kier molecular flexibility index (Phi) is 4.56. The quantitative estimate of drug-likeness (QED) is 0.856. The highest BCUT2D eigenvalue weighted by molar-refractivity contribution is 5.76. The highest BCUT2D eigenvalue weighted by Gasteiger charge is 2.25. The van der Waals surface area contributed by atoms with Crippen LogP contribution in [0.25, 0.3) is 5.78 Å². The molecule has 2 atom stereocenters. The largest absolute Gasteiger partial charge is 0.393 e. The molecule has 7 nitrogen and oxygen atoms in total. The van der Waals surface area contributed by atoms with Crippen LogP contribution in [0.3, 0.4) is 0 Å². The van der Waals surface area contributed by atoms with Gasteiger partial charge in [-0.15, -0.1) is 0 Å². The monoisotopic (exact) mass is 317 g/mol. The van der Waals surface area contributed by atoms with Gasteiger partial charge in [-0.2, -0.15) is 10.1 Å². The number of amides is 1. The lowest BCUT2D eigenvalue weighted by Gasteiger charge is -2.15. The first-order valence-electron chi connectivity index (χ1n) is 8.17. The van der Waals surface area contributed by atoms with Crippen LogP contribution in [0.15, 0.2) is 6.33 Å². The fraction of sp³-hybridized carbons (Fsp3) is 0.625. The molecule has 0 saturated heterocycles. The number of nitrogens with zero attached hydrogens (tertiary/aromatic N) is 4. The second kappa shape index (κ2) is 6.62. The third-order valence-corrected chi connectivity index (χ3v) is 4.77. The van der Waals surface area contributed by atoms with Crippen LogP contribution in [-0.2, 0) is 11.2 Å². The molecule has 1 aliphatic rings. The number of aliphatic hydroxyl groups is 1. The summed E-state index contributed by atoms with van der Waals surface area (Å²) in [5, 5.41) is 16.9. The maximum atomic E-state index is 12.1. The molecule has 2 heterocycles. The van der Waals surface area contributed by atoms with E-state index >= 15 is 0 Å². The Balaban J connectivity index is 1.58. The van der Waals surface area contributed by atoms with Crippen molar-refractivity contribution in [2.75, 3.05) is 6.54 Å². The van der Waals surface area contributed by atoms with Crippen molar-refractivity contribution in [1.29, 1.82) is 0 Å². The fourth-order valence-electron chi connectivity index (χ4n) is 3.34. The summed E-state index contributed by atoms with van der Waals surface area (Å²) in [6.45, 7) is 4.47. The summed E-state index contributed by atoms with van der Waals surface area (Å²) in [5.41, 5.74) is 2.91.